The third kappa shape index (κ3) is 4.39. The van der Waals surface area contributed by atoms with Crippen LogP contribution >= 0.6 is 0 Å². The molecule has 0 N–H and O–H groups in total. The summed E-state index contributed by atoms with van der Waals surface area (Å²) < 4.78 is 11.7. The van der Waals surface area contributed by atoms with Gasteiger partial charge in [-0.3, -0.25) is 0 Å². The van der Waals surface area contributed by atoms with Crippen molar-refractivity contribution in [3.63, 3.8) is 0 Å². The SMILES string of the molecule is O=[N+]([O-])c1ccc(N2CCC(OCC3CCCCO3)CC2)cn1. The molecule has 1 aromatic rings. The van der Waals surface area contributed by atoms with E-state index < -0.39 is 4.92 Å². The summed E-state index contributed by atoms with van der Waals surface area (Å²) in [6.45, 7) is 3.33. The lowest BCUT2D eigenvalue weighted by Crippen LogP contribution is -2.38. The van der Waals surface area contributed by atoms with Crippen LogP contribution in [0.15, 0.2) is 18.3 Å². The number of pyridine rings is 1. The topological polar surface area (TPSA) is 77.7 Å². The van der Waals surface area contributed by atoms with E-state index in [1.165, 1.54) is 12.5 Å². The fraction of sp³-hybridized carbons (Fsp3) is 0.688. The highest BCUT2D eigenvalue weighted by atomic mass is 16.6. The van der Waals surface area contributed by atoms with Crippen molar-refractivity contribution in [1.29, 1.82) is 0 Å². The van der Waals surface area contributed by atoms with E-state index in [-0.39, 0.29) is 18.0 Å². The number of nitro groups is 1. The Labute approximate surface area is 135 Å². The Balaban J connectivity index is 1.43. The third-order valence-electron chi connectivity index (χ3n) is 4.52. The molecule has 1 atom stereocenters. The molecule has 2 aliphatic rings. The molecule has 0 radical (unpaired) electrons. The van der Waals surface area contributed by atoms with Gasteiger partial charge >= 0.3 is 5.82 Å². The number of ether oxygens (including phenoxy) is 2. The third-order valence-corrected chi connectivity index (χ3v) is 4.52. The molecule has 0 amide bonds. The summed E-state index contributed by atoms with van der Waals surface area (Å²) >= 11 is 0. The van der Waals surface area contributed by atoms with E-state index in [1.54, 1.807) is 12.3 Å². The standard InChI is InChI=1S/C16H23N3O4/c20-19(21)16-5-4-13(11-17-16)18-8-6-14(7-9-18)23-12-15-3-1-2-10-22-15/h4-5,11,14-15H,1-3,6-10,12H2. The molecule has 3 heterocycles. The minimum absolute atomic E-state index is 0.112. The summed E-state index contributed by atoms with van der Waals surface area (Å²) in [5.74, 6) is -0.112. The molecular weight excluding hydrogens is 298 g/mol. The predicted octanol–water partition coefficient (Wildman–Crippen LogP) is 2.54. The van der Waals surface area contributed by atoms with Crippen molar-refractivity contribution in [2.24, 2.45) is 0 Å². The predicted molar refractivity (Wildman–Crippen MR) is 85.7 cm³/mol. The lowest BCUT2D eigenvalue weighted by molar-refractivity contribution is -0.389. The van der Waals surface area contributed by atoms with Crippen LogP contribution in [0.1, 0.15) is 32.1 Å². The van der Waals surface area contributed by atoms with Crippen molar-refractivity contribution in [2.75, 3.05) is 31.2 Å². The van der Waals surface area contributed by atoms with Gasteiger partial charge < -0.3 is 24.5 Å². The summed E-state index contributed by atoms with van der Waals surface area (Å²) in [6.07, 6.45) is 7.55. The van der Waals surface area contributed by atoms with Crippen molar-refractivity contribution in [2.45, 2.75) is 44.3 Å². The highest BCUT2D eigenvalue weighted by Gasteiger charge is 2.23. The molecule has 7 nitrogen and oxygen atoms in total. The fourth-order valence-electron chi connectivity index (χ4n) is 3.14. The summed E-state index contributed by atoms with van der Waals surface area (Å²) in [6, 6.07) is 3.22. The maximum atomic E-state index is 10.6. The largest absolute Gasteiger partial charge is 0.376 e. The van der Waals surface area contributed by atoms with Gasteiger partial charge in [-0.2, -0.15) is 0 Å². The molecular formula is C16H23N3O4. The maximum absolute atomic E-state index is 10.6. The molecule has 0 bridgehead atoms. The highest BCUT2D eigenvalue weighted by Crippen LogP contribution is 2.23. The molecule has 7 heteroatoms. The second-order valence-corrected chi connectivity index (χ2v) is 6.14. The van der Waals surface area contributed by atoms with Gasteiger partial charge in [0.2, 0.25) is 0 Å². The molecule has 0 aliphatic carbocycles. The van der Waals surface area contributed by atoms with Gasteiger partial charge in [-0.25, -0.2) is 0 Å². The molecule has 2 saturated heterocycles. The van der Waals surface area contributed by atoms with Crippen LogP contribution in [0.5, 0.6) is 0 Å². The zero-order chi connectivity index (χ0) is 16.1. The van der Waals surface area contributed by atoms with E-state index in [0.717, 1.165) is 51.1 Å². The summed E-state index contributed by atoms with van der Waals surface area (Å²) in [5.41, 5.74) is 0.935. The van der Waals surface area contributed by atoms with Gasteiger partial charge in [0.25, 0.3) is 0 Å². The van der Waals surface area contributed by atoms with Gasteiger partial charge in [0.15, 0.2) is 6.20 Å². The van der Waals surface area contributed by atoms with Crippen molar-refractivity contribution < 1.29 is 14.4 Å². The highest BCUT2D eigenvalue weighted by molar-refractivity contribution is 5.46. The Bertz CT molecular complexity index is 509. The van der Waals surface area contributed by atoms with Gasteiger partial charge in [-0.05, 0) is 48.1 Å². The number of hydrogen-bond acceptors (Lipinski definition) is 6. The van der Waals surface area contributed by atoms with E-state index >= 15 is 0 Å². The zero-order valence-corrected chi connectivity index (χ0v) is 13.2. The summed E-state index contributed by atoms with van der Waals surface area (Å²) in [4.78, 5) is 16.2. The van der Waals surface area contributed by atoms with Crippen LogP contribution in [0.2, 0.25) is 0 Å². The monoisotopic (exact) mass is 321 g/mol. The van der Waals surface area contributed by atoms with E-state index in [9.17, 15) is 10.1 Å². The Morgan fingerprint density at radius 3 is 2.74 bits per heavy atom. The Morgan fingerprint density at radius 2 is 2.13 bits per heavy atom. The molecule has 23 heavy (non-hydrogen) atoms. The van der Waals surface area contributed by atoms with Gasteiger partial charge in [0.1, 0.15) is 0 Å². The van der Waals surface area contributed by atoms with Crippen molar-refractivity contribution >= 4 is 11.5 Å². The molecule has 2 fully saturated rings. The smallest absolute Gasteiger partial charge is 0.363 e. The van der Waals surface area contributed by atoms with Crippen LogP contribution in [0.3, 0.4) is 0 Å². The van der Waals surface area contributed by atoms with Crippen molar-refractivity contribution in [3.8, 4) is 0 Å². The van der Waals surface area contributed by atoms with Crippen LogP contribution in [0, 0.1) is 10.1 Å². The minimum Gasteiger partial charge on any atom is -0.376 e. The second-order valence-electron chi connectivity index (χ2n) is 6.14. The molecule has 3 rings (SSSR count). The minimum atomic E-state index is -0.475. The zero-order valence-electron chi connectivity index (χ0n) is 13.2. The molecule has 0 aromatic carbocycles. The molecule has 0 spiro atoms. The van der Waals surface area contributed by atoms with Gasteiger partial charge in [-0.1, -0.05) is 0 Å². The number of hydrogen-bond donors (Lipinski definition) is 0. The van der Waals surface area contributed by atoms with Crippen LogP contribution in [0.25, 0.3) is 0 Å². The number of aromatic nitrogens is 1. The van der Waals surface area contributed by atoms with Crippen molar-refractivity contribution in [3.05, 3.63) is 28.4 Å². The molecule has 126 valence electrons. The van der Waals surface area contributed by atoms with E-state index in [0.29, 0.717) is 6.61 Å². The lowest BCUT2D eigenvalue weighted by atomic mass is 10.1. The van der Waals surface area contributed by atoms with Gasteiger partial charge in [0, 0.05) is 25.8 Å². The first-order valence-corrected chi connectivity index (χ1v) is 8.31. The summed E-state index contributed by atoms with van der Waals surface area (Å²) in [7, 11) is 0. The number of rotatable bonds is 5. The Morgan fingerprint density at radius 1 is 1.30 bits per heavy atom. The Kier molecular flexibility index (Phi) is 5.40. The van der Waals surface area contributed by atoms with E-state index in [1.807, 2.05) is 0 Å². The van der Waals surface area contributed by atoms with Crippen molar-refractivity contribution in [1.82, 2.24) is 4.98 Å². The molecule has 2 aliphatic heterocycles. The first kappa shape index (κ1) is 16.1. The number of piperidine rings is 1. The molecule has 1 unspecified atom stereocenters. The fourth-order valence-corrected chi connectivity index (χ4v) is 3.14. The van der Waals surface area contributed by atoms with Crippen LogP contribution in [-0.4, -0.2) is 48.4 Å². The van der Waals surface area contributed by atoms with Crippen LogP contribution in [0.4, 0.5) is 11.5 Å². The van der Waals surface area contributed by atoms with E-state index in [2.05, 4.69) is 9.88 Å². The Hall–Kier alpha value is -1.73. The lowest BCUT2D eigenvalue weighted by Gasteiger charge is -2.33. The average Bonchev–Trinajstić information content (AvgIpc) is 2.61. The first-order chi connectivity index (χ1) is 11.2. The normalized spacial score (nSPS) is 23.0. The van der Waals surface area contributed by atoms with E-state index in [4.69, 9.17) is 9.47 Å². The summed E-state index contributed by atoms with van der Waals surface area (Å²) in [5, 5.41) is 10.6. The number of anilines is 1. The molecule has 0 saturated carbocycles. The van der Waals surface area contributed by atoms with Crippen LogP contribution < -0.4 is 4.90 Å². The molecule has 1 aromatic heterocycles. The quantitative estimate of drug-likeness (QED) is 0.612. The van der Waals surface area contributed by atoms with Gasteiger partial charge in [-0.15, -0.1) is 0 Å². The first-order valence-electron chi connectivity index (χ1n) is 8.31. The maximum Gasteiger partial charge on any atom is 0.363 e. The second kappa shape index (κ2) is 7.70. The number of nitrogens with zero attached hydrogens (tertiary/aromatic N) is 3. The van der Waals surface area contributed by atoms with Crippen LogP contribution in [-0.2, 0) is 9.47 Å². The van der Waals surface area contributed by atoms with Gasteiger partial charge in [0.05, 0.1) is 24.5 Å². The average molecular weight is 321 g/mol.